The van der Waals surface area contributed by atoms with E-state index in [1.807, 2.05) is 0 Å². The van der Waals surface area contributed by atoms with E-state index in [4.69, 9.17) is 8.83 Å². The van der Waals surface area contributed by atoms with E-state index in [0.717, 1.165) is 12.1 Å². The number of rotatable bonds is 3. The van der Waals surface area contributed by atoms with E-state index < -0.39 is 34.5 Å². The van der Waals surface area contributed by atoms with Crippen molar-refractivity contribution in [1.82, 2.24) is 0 Å². The molecule has 0 unspecified atom stereocenters. The Labute approximate surface area is 179 Å². The smallest absolute Gasteiger partial charge is 0.344 e. The minimum atomic E-state index is -1.28. The van der Waals surface area contributed by atoms with Gasteiger partial charge in [-0.2, -0.15) is 0 Å². The third-order valence-electron chi connectivity index (χ3n) is 5.42. The van der Waals surface area contributed by atoms with E-state index in [1.165, 1.54) is 24.3 Å². The monoisotopic (exact) mass is 430 g/mol. The molecule has 0 aliphatic carbocycles. The molecule has 5 aromatic rings. The number of fused-ring (bicyclic) bond motifs is 2. The molecule has 6 nitrogen and oxygen atoms in total. The molecule has 0 aliphatic heterocycles. The van der Waals surface area contributed by atoms with Crippen LogP contribution in [-0.4, -0.2) is 10.2 Å². The molecule has 2 aromatic heterocycles. The molecule has 0 fully saturated rings. The molecule has 2 N–H and O–H groups in total. The Balaban J connectivity index is 1.91. The fourth-order valence-electron chi connectivity index (χ4n) is 3.94. The molecule has 0 bridgehead atoms. The summed E-state index contributed by atoms with van der Waals surface area (Å²) in [5.41, 5.74) is -1.74. The number of aromatic hydroxyl groups is 2. The minimum absolute atomic E-state index is 0.159. The van der Waals surface area contributed by atoms with Crippen molar-refractivity contribution >= 4 is 21.9 Å². The number of para-hydroxylation sites is 2. The lowest BCUT2D eigenvalue weighted by Crippen LogP contribution is -2.21. The summed E-state index contributed by atoms with van der Waals surface area (Å²) in [4.78, 5) is 26.0. The highest BCUT2D eigenvalue weighted by atomic mass is 19.1. The van der Waals surface area contributed by atoms with Gasteiger partial charge in [0.25, 0.3) is 0 Å². The summed E-state index contributed by atoms with van der Waals surface area (Å²) in [6.45, 7) is 0. The molecule has 158 valence electrons. The number of halogens is 1. The zero-order valence-electron chi connectivity index (χ0n) is 16.4. The van der Waals surface area contributed by atoms with Gasteiger partial charge in [0.2, 0.25) is 0 Å². The highest BCUT2D eigenvalue weighted by molar-refractivity contribution is 5.86. The quantitative estimate of drug-likeness (QED) is 0.405. The Morgan fingerprint density at radius 3 is 1.56 bits per heavy atom. The molecular weight excluding hydrogens is 415 g/mol. The van der Waals surface area contributed by atoms with E-state index in [0.29, 0.717) is 0 Å². The Bertz CT molecular complexity index is 1500. The van der Waals surface area contributed by atoms with Crippen LogP contribution in [0.15, 0.2) is 91.2 Å². The molecule has 0 amide bonds. The summed E-state index contributed by atoms with van der Waals surface area (Å²) in [7, 11) is 0. The van der Waals surface area contributed by atoms with Crippen LogP contribution >= 0.6 is 0 Å². The van der Waals surface area contributed by atoms with Crippen LogP contribution in [0.4, 0.5) is 4.39 Å². The van der Waals surface area contributed by atoms with Crippen molar-refractivity contribution in [2.75, 3.05) is 0 Å². The summed E-state index contributed by atoms with van der Waals surface area (Å²) in [6.07, 6.45) is 0. The van der Waals surface area contributed by atoms with Crippen LogP contribution in [0, 0.1) is 5.82 Å². The lowest BCUT2D eigenvalue weighted by molar-refractivity contribution is 0.441. The van der Waals surface area contributed by atoms with Crippen molar-refractivity contribution in [3.8, 4) is 11.5 Å². The molecular formula is C25H15FO6. The zero-order chi connectivity index (χ0) is 22.4. The standard InChI is InChI=1S/C25H15FO6/c26-14-11-9-13(10-12-14)19(20-22(27)15-5-1-3-7-17(15)31-24(20)29)21-23(28)16-6-2-4-8-18(16)32-25(21)30/h1-12,19,27-28H. The van der Waals surface area contributed by atoms with E-state index >= 15 is 0 Å². The van der Waals surface area contributed by atoms with Gasteiger partial charge in [-0.15, -0.1) is 0 Å². The van der Waals surface area contributed by atoms with Crippen LogP contribution in [0.5, 0.6) is 11.5 Å². The largest absolute Gasteiger partial charge is 0.507 e. The van der Waals surface area contributed by atoms with Crippen LogP contribution in [0.25, 0.3) is 21.9 Å². The zero-order valence-corrected chi connectivity index (χ0v) is 16.4. The molecule has 2 heterocycles. The van der Waals surface area contributed by atoms with Gasteiger partial charge < -0.3 is 19.0 Å². The van der Waals surface area contributed by atoms with Gasteiger partial charge in [-0.1, -0.05) is 36.4 Å². The van der Waals surface area contributed by atoms with Gasteiger partial charge in [-0.05, 0) is 42.0 Å². The van der Waals surface area contributed by atoms with Crippen LogP contribution in [0.3, 0.4) is 0 Å². The van der Waals surface area contributed by atoms with E-state index in [9.17, 15) is 24.2 Å². The molecule has 0 saturated heterocycles. The third kappa shape index (κ3) is 3.02. The van der Waals surface area contributed by atoms with E-state index in [2.05, 4.69) is 0 Å². The van der Waals surface area contributed by atoms with Gasteiger partial charge in [-0.3, -0.25) is 0 Å². The number of benzene rings is 3. The minimum Gasteiger partial charge on any atom is -0.507 e. The molecule has 0 atom stereocenters. The van der Waals surface area contributed by atoms with Crippen molar-refractivity contribution in [3.63, 3.8) is 0 Å². The lowest BCUT2D eigenvalue weighted by Gasteiger charge is -2.19. The average molecular weight is 430 g/mol. The van der Waals surface area contributed by atoms with Crippen molar-refractivity contribution in [1.29, 1.82) is 0 Å². The van der Waals surface area contributed by atoms with Crippen molar-refractivity contribution in [2.45, 2.75) is 5.92 Å². The molecule has 0 spiro atoms. The molecule has 0 saturated carbocycles. The molecule has 7 heteroatoms. The Kier molecular flexibility index (Phi) is 4.52. The van der Waals surface area contributed by atoms with Crippen molar-refractivity contribution < 1.29 is 23.4 Å². The molecule has 0 radical (unpaired) electrons. The number of hydrogen-bond acceptors (Lipinski definition) is 6. The first-order valence-corrected chi connectivity index (χ1v) is 9.70. The molecule has 3 aromatic carbocycles. The maximum atomic E-state index is 13.6. The summed E-state index contributed by atoms with van der Waals surface area (Å²) in [5, 5.41) is 22.5. The van der Waals surface area contributed by atoms with Gasteiger partial charge in [-0.25, -0.2) is 14.0 Å². The van der Waals surface area contributed by atoms with E-state index in [-0.39, 0.29) is 38.6 Å². The SMILES string of the molecule is O=c1oc2ccccc2c(O)c1C(c1ccc(F)cc1)c1c(O)c2ccccc2oc1=O. The second kappa shape index (κ2) is 7.39. The van der Waals surface area contributed by atoms with E-state index in [1.54, 1.807) is 36.4 Å². The van der Waals surface area contributed by atoms with Gasteiger partial charge in [0, 0.05) is 0 Å². The Morgan fingerprint density at radius 2 is 1.09 bits per heavy atom. The molecule has 5 rings (SSSR count). The summed E-state index contributed by atoms with van der Waals surface area (Å²) in [5.74, 6) is -2.62. The summed E-state index contributed by atoms with van der Waals surface area (Å²) < 4.78 is 24.4. The fraction of sp³-hybridized carbons (Fsp3) is 0.0400. The van der Waals surface area contributed by atoms with Gasteiger partial charge in [0.05, 0.1) is 27.8 Å². The normalized spacial score (nSPS) is 11.4. The first kappa shape index (κ1) is 19.6. The summed E-state index contributed by atoms with van der Waals surface area (Å²) in [6, 6.07) is 17.8. The van der Waals surface area contributed by atoms with Crippen molar-refractivity contribution in [3.05, 3.63) is 116 Å². The maximum Gasteiger partial charge on any atom is 0.344 e. The second-order valence-corrected chi connectivity index (χ2v) is 7.28. The first-order chi connectivity index (χ1) is 15.5. The predicted octanol–water partition coefficient (Wildman–Crippen LogP) is 4.63. The Morgan fingerprint density at radius 1 is 0.656 bits per heavy atom. The molecule has 0 aliphatic rings. The maximum absolute atomic E-state index is 13.6. The van der Waals surface area contributed by atoms with Gasteiger partial charge >= 0.3 is 11.3 Å². The second-order valence-electron chi connectivity index (χ2n) is 7.28. The lowest BCUT2D eigenvalue weighted by atomic mass is 9.84. The Hall–Kier alpha value is -4.39. The third-order valence-corrected chi connectivity index (χ3v) is 5.42. The van der Waals surface area contributed by atoms with Crippen LogP contribution < -0.4 is 11.3 Å². The number of hydrogen-bond donors (Lipinski definition) is 2. The first-order valence-electron chi connectivity index (χ1n) is 9.70. The molecule has 32 heavy (non-hydrogen) atoms. The average Bonchev–Trinajstić information content (AvgIpc) is 2.78. The highest BCUT2D eigenvalue weighted by Gasteiger charge is 2.32. The van der Waals surface area contributed by atoms with Crippen LogP contribution in [-0.2, 0) is 0 Å². The fourth-order valence-corrected chi connectivity index (χ4v) is 3.94. The van der Waals surface area contributed by atoms with Crippen LogP contribution in [0.1, 0.15) is 22.6 Å². The van der Waals surface area contributed by atoms with Gasteiger partial charge in [0.1, 0.15) is 28.5 Å². The predicted molar refractivity (Wildman–Crippen MR) is 116 cm³/mol. The van der Waals surface area contributed by atoms with Gasteiger partial charge in [0.15, 0.2) is 0 Å². The topological polar surface area (TPSA) is 101 Å². The highest BCUT2D eigenvalue weighted by Crippen LogP contribution is 2.41. The summed E-state index contributed by atoms with van der Waals surface area (Å²) >= 11 is 0. The van der Waals surface area contributed by atoms with Crippen LogP contribution in [0.2, 0.25) is 0 Å². The van der Waals surface area contributed by atoms with Crippen molar-refractivity contribution in [2.24, 2.45) is 0 Å².